The molecule has 0 aliphatic heterocycles. The predicted octanol–water partition coefficient (Wildman–Crippen LogP) is 3.15. The summed E-state index contributed by atoms with van der Waals surface area (Å²) in [7, 11) is 1.72. The minimum Gasteiger partial charge on any atom is -0.480 e. The quantitative estimate of drug-likeness (QED) is 0.792. The molecule has 0 amide bonds. The molecule has 0 heterocycles. The molecule has 0 saturated heterocycles. The third kappa shape index (κ3) is 2.99. The highest BCUT2D eigenvalue weighted by Crippen LogP contribution is 2.39. The van der Waals surface area contributed by atoms with Gasteiger partial charge in [0.2, 0.25) is 0 Å². The van der Waals surface area contributed by atoms with E-state index in [0.29, 0.717) is 11.3 Å². The van der Waals surface area contributed by atoms with Crippen LogP contribution in [0.1, 0.15) is 25.7 Å². The monoisotopic (exact) mass is 297 g/mol. The summed E-state index contributed by atoms with van der Waals surface area (Å²) in [5.41, 5.74) is -0.796. The molecule has 2 N–H and O–H groups in total. The molecule has 110 valence electrons. The van der Waals surface area contributed by atoms with Gasteiger partial charge in [0, 0.05) is 4.90 Å². The number of hydrogen-bond acceptors (Lipinski definition) is 3. The number of carbonyl (C=O) groups is 1. The maximum Gasteiger partial charge on any atom is 0.324 e. The summed E-state index contributed by atoms with van der Waals surface area (Å²) in [6.45, 7) is 0. The van der Waals surface area contributed by atoms with Gasteiger partial charge < -0.3 is 10.4 Å². The van der Waals surface area contributed by atoms with E-state index in [1.54, 1.807) is 19.2 Å². The van der Waals surface area contributed by atoms with Crippen LogP contribution in [-0.2, 0) is 4.79 Å². The van der Waals surface area contributed by atoms with Gasteiger partial charge in [-0.1, -0.05) is 18.6 Å². The normalized spacial score (nSPS) is 25.8. The highest BCUT2D eigenvalue weighted by Gasteiger charge is 2.47. The average Bonchev–Trinajstić information content (AvgIpc) is 2.85. The molecule has 1 aromatic carbocycles. The number of carboxylic acid groups (broad SMARTS) is 1. The molecule has 2 atom stereocenters. The Morgan fingerprint density at radius 3 is 2.95 bits per heavy atom. The standard InChI is InChI=1S/C15H20FNO2S/c1-17-15(14(18)19)9-4-5-11(15)8-10-20-13-7-3-2-6-12(13)16/h2-3,6-7,11,17H,4-5,8-10H2,1H3,(H,18,19). The molecule has 1 fully saturated rings. The number of rotatable bonds is 6. The average molecular weight is 297 g/mol. The van der Waals surface area contributed by atoms with E-state index >= 15 is 0 Å². The van der Waals surface area contributed by atoms with Gasteiger partial charge in [0.05, 0.1) is 0 Å². The van der Waals surface area contributed by atoms with Gasteiger partial charge in [0.15, 0.2) is 0 Å². The number of aliphatic carboxylic acids is 1. The van der Waals surface area contributed by atoms with Crippen molar-refractivity contribution in [3.8, 4) is 0 Å². The maximum absolute atomic E-state index is 13.5. The second-order valence-corrected chi connectivity index (χ2v) is 6.32. The summed E-state index contributed by atoms with van der Waals surface area (Å²) in [6.07, 6.45) is 3.31. The lowest BCUT2D eigenvalue weighted by Crippen LogP contribution is -2.53. The van der Waals surface area contributed by atoms with Gasteiger partial charge in [-0.3, -0.25) is 4.79 Å². The Morgan fingerprint density at radius 1 is 1.55 bits per heavy atom. The van der Waals surface area contributed by atoms with Gasteiger partial charge in [-0.2, -0.15) is 0 Å². The van der Waals surface area contributed by atoms with Crippen molar-refractivity contribution in [3.63, 3.8) is 0 Å². The smallest absolute Gasteiger partial charge is 0.324 e. The Balaban J connectivity index is 1.94. The fraction of sp³-hybridized carbons (Fsp3) is 0.533. The Hall–Kier alpha value is -1.07. The number of halogens is 1. The largest absolute Gasteiger partial charge is 0.480 e. The number of hydrogen-bond donors (Lipinski definition) is 2. The summed E-state index contributed by atoms with van der Waals surface area (Å²) in [4.78, 5) is 12.2. The van der Waals surface area contributed by atoms with Crippen molar-refractivity contribution in [3.05, 3.63) is 30.1 Å². The minimum atomic E-state index is -0.796. The fourth-order valence-electron chi connectivity index (χ4n) is 3.06. The van der Waals surface area contributed by atoms with E-state index in [2.05, 4.69) is 5.32 Å². The Bertz CT molecular complexity index is 483. The van der Waals surface area contributed by atoms with Crippen LogP contribution in [0.3, 0.4) is 0 Å². The molecular formula is C15H20FNO2S. The summed E-state index contributed by atoms with van der Waals surface area (Å²) in [5, 5.41) is 12.5. The van der Waals surface area contributed by atoms with Gasteiger partial charge in [-0.15, -0.1) is 11.8 Å². The number of thioether (sulfide) groups is 1. The zero-order chi connectivity index (χ0) is 14.6. The van der Waals surface area contributed by atoms with Gasteiger partial charge in [-0.05, 0) is 50.1 Å². The van der Waals surface area contributed by atoms with E-state index in [0.717, 1.165) is 25.0 Å². The molecule has 0 spiro atoms. The highest BCUT2D eigenvalue weighted by molar-refractivity contribution is 7.99. The van der Waals surface area contributed by atoms with Crippen LogP contribution in [0.4, 0.5) is 4.39 Å². The second-order valence-electron chi connectivity index (χ2n) is 5.18. The third-order valence-electron chi connectivity index (χ3n) is 4.21. The van der Waals surface area contributed by atoms with Crippen LogP contribution < -0.4 is 5.32 Å². The van der Waals surface area contributed by atoms with Gasteiger partial charge >= 0.3 is 5.97 Å². The zero-order valence-corrected chi connectivity index (χ0v) is 12.4. The number of nitrogens with one attached hydrogen (secondary N) is 1. The van der Waals surface area contributed by atoms with Crippen molar-refractivity contribution in [2.75, 3.05) is 12.8 Å². The van der Waals surface area contributed by atoms with Gasteiger partial charge in [-0.25, -0.2) is 4.39 Å². The highest BCUT2D eigenvalue weighted by atomic mass is 32.2. The van der Waals surface area contributed by atoms with Crippen molar-refractivity contribution < 1.29 is 14.3 Å². The number of likely N-dealkylation sites (N-methyl/N-ethyl adjacent to an activating group) is 1. The summed E-state index contributed by atoms with van der Waals surface area (Å²) in [5.74, 6) is -0.118. The van der Waals surface area contributed by atoms with E-state index in [1.807, 2.05) is 6.07 Å². The van der Waals surface area contributed by atoms with E-state index in [4.69, 9.17) is 0 Å². The molecule has 2 rings (SSSR count). The number of benzene rings is 1. The summed E-state index contributed by atoms with van der Waals surface area (Å²) >= 11 is 1.46. The van der Waals surface area contributed by atoms with Gasteiger partial charge in [0.1, 0.15) is 11.4 Å². The maximum atomic E-state index is 13.5. The van der Waals surface area contributed by atoms with Gasteiger partial charge in [0.25, 0.3) is 0 Å². The third-order valence-corrected chi connectivity index (χ3v) is 5.29. The lowest BCUT2D eigenvalue weighted by Gasteiger charge is -2.31. The fourth-order valence-corrected chi connectivity index (χ4v) is 4.06. The van der Waals surface area contributed by atoms with E-state index in [-0.39, 0.29) is 11.7 Å². The lowest BCUT2D eigenvalue weighted by atomic mass is 9.85. The molecule has 0 bridgehead atoms. The van der Waals surface area contributed by atoms with Crippen LogP contribution in [0.15, 0.2) is 29.2 Å². The lowest BCUT2D eigenvalue weighted by molar-refractivity contribution is -0.146. The first kappa shape index (κ1) is 15.3. The van der Waals surface area contributed by atoms with Crippen molar-refractivity contribution in [2.24, 2.45) is 5.92 Å². The molecule has 20 heavy (non-hydrogen) atoms. The summed E-state index contributed by atoms with van der Waals surface area (Å²) < 4.78 is 13.5. The molecule has 1 aromatic rings. The van der Waals surface area contributed by atoms with Crippen LogP contribution in [0.2, 0.25) is 0 Å². The SMILES string of the molecule is CNC1(C(=O)O)CCCC1CCSc1ccccc1F. The topological polar surface area (TPSA) is 49.3 Å². The Labute approximate surface area is 123 Å². The van der Waals surface area contributed by atoms with Crippen LogP contribution in [0, 0.1) is 11.7 Å². The van der Waals surface area contributed by atoms with E-state index < -0.39 is 11.5 Å². The predicted molar refractivity (Wildman–Crippen MR) is 78.5 cm³/mol. The first-order valence-corrected chi connectivity index (χ1v) is 7.88. The van der Waals surface area contributed by atoms with Crippen molar-refractivity contribution in [1.82, 2.24) is 5.32 Å². The van der Waals surface area contributed by atoms with Crippen LogP contribution in [0.5, 0.6) is 0 Å². The van der Waals surface area contributed by atoms with Crippen molar-refractivity contribution in [2.45, 2.75) is 36.1 Å². The molecule has 1 aliphatic rings. The van der Waals surface area contributed by atoms with Crippen LogP contribution in [-0.4, -0.2) is 29.4 Å². The Kier molecular flexibility index (Phi) is 5.05. The number of carboxylic acids is 1. The first-order chi connectivity index (χ1) is 9.60. The first-order valence-electron chi connectivity index (χ1n) is 6.90. The molecule has 5 heteroatoms. The van der Waals surface area contributed by atoms with Crippen molar-refractivity contribution >= 4 is 17.7 Å². The molecule has 1 saturated carbocycles. The minimum absolute atomic E-state index is 0.115. The molecule has 0 aromatic heterocycles. The molecule has 0 radical (unpaired) electrons. The Morgan fingerprint density at radius 2 is 2.30 bits per heavy atom. The zero-order valence-electron chi connectivity index (χ0n) is 11.6. The van der Waals surface area contributed by atoms with Crippen molar-refractivity contribution in [1.29, 1.82) is 0 Å². The van der Waals surface area contributed by atoms with E-state index in [9.17, 15) is 14.3 Å². The molecule has 2 unspecified atom stereocenters. The molecule has 3 nitrogen and oxygen atoms in total. The summed E-state index contributed by atoms with van der Waals surface area (Å²) in [6, 6.07) is 6.70. The second kappa shape index (κ2) is 6.59. The van der Waals surface area contributed by atoms with E-state index in [1.165, 1.54) is 17.8 Å². The van der Waals surface area contributed by atoms with Crippen LogP contribution >= 0.6 is 11.8 Å². The molecule has 1 aliphatic carbocycles. The van der Waals surface area contributed by atoms with Crippen LogP contribution in [0.25, 0.3) is 0 Å². The molecular weight excluding hydrogens is 277 g/mol.